The Morgan fingerprint density at radius 2 is 2.08 bits per heavy atom. The number of aromatic hydroxyl groups is 1. The summed E-state index contributed by atoms with van der Waals surface area (Å²) in [5.74, 6) is 0.227. The highest BCUT2D eigenvalue weighted by molar-refractivity contribution is 5.56. The van der Waals surface area contributed by atoms with Crippen LogP contribution in [-0.4, -0.2) is 16.4 Å². The number of hydrogen-bond donors (Lipinski definition) is 3. The van der Waals surface area contributed by atoms with Crippen molar-refractivity contribution in [3.63, 3.8) is 0 Å². The SMILES string of the molecule is NC(O)CC=Cc1ccccc1O. The predicted molar refractivity (Wildman–Crippen MR) is 52.0 cm³/mol. The average Bonchev–Trinajstić information content (AvgIpc) is 2.08. The molecule has 0 aromatic heterocycles. The summed E-state index contributed by atoms with van der Waals surface area (Å²) in [6.07, 6.45) is 3.00. The van der Waals surface area contributed by atoms with Crippen LogP contribution >= 0.6 is 0 Å². The summed E-state index contributed by atoms with van der Waals surface area (Å²) in [5, 5.41) is 18.1. The molecule has 0 radical (unpaired) electrons. The summed E-state index contributed by atoms with van der Waals surface area (Å²) in [5.41, 5.74) is 5.86. The van der Waals surface area contributed by atoms with Crippen LogP contribution in [0.15, 0.2) is 30.3 Å². The zero-order valence-corrected chi connectivity index (χ0v) is 7.22. The van der Waals surface area contributed by atoms with Crippen molar-refractivity contribution in [1.29, 1.82) is 0 Å². The van der Waals surface area contributed by atoms with Crippen LogP contribution in [0.5, 0.6) is 5.75 Å². The van der Waals surface area contributed by atoms with E-state index in [4.69, 9.17) is 10.8 Å². The van der Waals surface area contributed by atoms with Gasteiger partial charge in [0, 0.05) is 12.0 Å². The number of aliphatic hydroxyl groups is 1. The van der Waals surface area contributed by atoms with Crippen LogP contribution in [-0.2, 0) is 0 Å². The zero-order chi connectivity index (χ0) is 9.68. The summed E-state index contributed by atoms with van der Waals surface area (Å²) in [4.78, 5) is 0. The number of hydrogen-bond acceptors (Lipinski definition) is 3. The third-order valence-electron chi connectivity index (χ3n) is 1.61. The molecule has 1 aromatic carbocycles. The van der Waals surface area contributed by atoms with E-state index in [1.807, 2.05) is 6.07 Å². The summed E-state index contributed by atoms with van der Waals surface area (Å²) >= 11 is 0. The van der Waals surface area contributed by atoms with Gasteiger partial charge >= 0.3 is 0 Å². The van der Waals surface area contributed by atoms with Crippen LogP contribution in [0.3, 0.4) is 0 Å². The molecule has 0 saturated carbocycles. The molecule has 1 unspecified atom stereocenters. The normalized spacial score (nSPS) is 13.4. The first-order valence-corrected chi connectivity index (χ1v) is 4.08. The Bertz CT molecular complexity index is 295. The fraction of sp³-hybridized carbons (Fsp3) is 0.200. The summed E-state index contributed by atoms with van der Waals surface area (Å²) < 4.78 is 0. The van der Waals surface area contributed by atoms with E-state index in [-0.39, 0.29) is 5.75 Å². The number of para-hydroxylation sites is 1. The van der Waals surface area contributed by atoms with Crippen molar-refractivity contribution < 1.29 is 10.2 Å². The Morgan fingerprint density at radius 1 is 1.38 bits per heavy atom. The summed E-state index contributed by atoms with van der Waals surface area (Å²) in [6.45, 7) is 0. The molecule has 0 bridgehead atoms. The summed E-state index contributed by atoms with van der Waals surface area (Å²) in [6, 6.07) is 6.98. The molecule has 70 valence electrons. The first kappa shape index (κ1) is 9.77. The fourth-order valence-corrected chi connectivity index (χ4v) is 0.963. The molecule has 0 aliphatic rings. The van der Waals surface area contributed by atoms with Gasteiger partial charge in [-0.15, -0.1) is 0 Å². The van der Waals surface area contributed by atoms with Crippen molar-refractivity contribution in [2.24, 2.45) is 5.73 Å². The second-order valence-electron chi connectivity index (χ2n) is 2.76. The Kier molecular flexibility index (Phi) is 3.49. The third-order valence-corrected chi connectivity index (χ3v) is 1.61. The quantitative estimate of drug-likeness (QED) is 0.608. The second-order valence-corrected chi connectivity index (χ2v) is 2.76. The number of phenols is 1. The molecule has 4 N–H and O–H groups in total. The average molecular weight is 179 g/mol. The Hall–Kier alpha value is -1.32. The maximum absolute atomic E-state index is 9.33. The van der Waals surface area contributed by atoms with Gasteiger partial charge in [0.05, 0.1) is 0 Å². The minimum absolute atomic E-state index is 0.227. The molecule has 0 spiro atoms. The molecule has 13 heavy (non-hydrogen) atoms. The highest BCUT2D eigenvalue weighted by Crippen LogP contribution is 2.16. The zero-order valence-electron chi connectivity index (χ0n) is 7.22. The van der Waals surface area contributed by atoms with E-state index in [9.17, 15) is 5.11 Å². The van der Waals surface area contributed by atoms with Crippen LogP contribution < -0.4 is 5.73 Å². The van der Waals surface area contributed by atoms with Crippen molar-refractivity contribution >= 4 is 6.08 Å². The Morgan fingerprint density at radius 3 is 2.69 bits per heavy atom. The maximum Gasteiger partial charge on any atom is 0.122 e. The monoisotopic (exact) mass is 179 g/mol. The number of aliphatic hydroxyl groups excluding tert-OH is 1. The molecule has 1 aromatic rings. The molecular formula is C10H13NO2. The van der Waals surface area contributed by atoms with E-state index in [2.05, 4.69) is 0 Å². The van der Waals surface area contributed by atoms with E-state index in [1.165, 1.54) is 0 Å². The van der Waals surface area contributed by atoms with E-state index in [1.54, 1.807) is 30.4 Å². The third kappa shape index (κ3) is 3.27. The van der Waals surface area contributed by atoms with Gasteiger partial charge in [-0.3, -0.25) is 0 Å². The first-order chi connectivity index (χ1) is 6.20. The van der Waals surface area contributed by atoms with E-state index in [0.29, 0.717) is 6.42 Å². The Labute approximate surface area is 77.1 Å². The molecule has 1 atom stereocenters. The predicted octanol–water partition coefficient (Wildman–Crippen LogP) is 1.07. The van der Waals surface area contributed by atoms with Crippen LogP contribution in [0.4, 0.5) is 0 Å². The number of nitrogens with two attached hydrogens (primary N) is 1. The van der Waals surface area contributed by atoms with Gasteiger partial charge in [-0.1, -0.05) is 30.4 Å². The molecular weight excluding hydrogens is 166 g/mol. The number of benzene rings is 1. The Balaban J connectivity index is 2.63. The van der Waals surface area contributed by atoms with Gasteiger partial charge in [-0.2, -0.15) is 0 Å². The second kappa shape index (κ2) is 4.64. The molecule has 0 aliphatic carbocycles. The maximum atomic E-state index is 9.33. The lowest BCUT2D eigenvalue weighted by Crippen LogP contribution is -2.16. The summed E-state index contributed by atoms with van der Waals surface area (Å²) in [7, 11) is 0. The highest BCUT2D eigenvalue weighted by Gasteiger charge is 1.94. The lowest BCUT2D eigenvalue weighted by atomic mass is 10.2. The molecule has 3 heteroatoms. The number of phenolic OH excluding ortho intramolecular Hbond substituents is 1. The van der Waals surface area contributed by atoms with Gasteiger partial charge < -0.3 is 15.9 Å². The van der Waals surface area contributed by atoms with Crippen LogP contribution in [0.25, 0.3) is 6.08 Å². The van der Waals surface area contributed by atoms with E-state index in [0.717, 1.165) is 5.56 Å². The lowest BCUT2D eigenvalue weighted by molar-refractivity contribution is 0.186. The van der Waals surface area contributed by atoms with Gasteiger partial charge in [-0.05, 0) is 6.07 Å². The molecule has 0 saturated heterocycles. The molecule has 0 amide bonds. The molecule has 3 nitrogen and oxygen atoms in total. The first-order valence-electron chi connectivity index (χ1n) is 4.08. The lowest BCUT2D eigenvalue weighted by Gasteiger charge is -1.99. The largest absolute Gasteiger partial charge is 0.507 e. The van der Waals surface area contributed by atoms with Gasteiger partial charge in [0.15, 0.2) is 0 Å². The van der Waals surface area contributed by atoms with E-state index < -0.39 is 6.23 Å². The van der Waals surface area contributed by atoms with Crippen molar-refractivity contribution in [3.8, 4) is 5.75 Å². The van der Waals surface area contributed by atoms with Gasteiger partial charge in [0.25, 0.3) is 0 Å². The van der Waals surface area contributed by atoms with E-state index >= 15 is 0 Å². The highest BCUT2D eigenvalue weighted by atomic mass is 16.3. The van der Waals surface area contributed by atoms with Crippen LogP contribution in [0.2, 0.25) is 0 Å². The van der Waals surface area contributed by atoms with Crippen molar-refractivity contribution in [3.05, 3.63) is 35.9 Å². The van der Waals surface area contributed by atoms with Crippen LogP contribution in [0.1, 0.15) is 12.0 Å². The standard InChI is InChI=1S/C10H13NO2/c11-10(13)7-3-5-8-4-1-2-6-9(8)12/h1-6,10,12-13H,7,11H2. The van der Waals surface area contributed by atoms with Gasteiger partial charge in [0.2, 0.25) is 0 Å². The fourth-order valence-electron chi connectivity index (χ4n) is 0.963. The van der Waals surface area contributed by atoms with Gasteiger partial charge in [-0.25, -0.2) is 0 Å². The molecule has 0 heterocycles. The van der Waals surface area contributed by atoms with Gasteiger partial charge in [0.1, 0.15) is 12.0 Å². The molecule has 1 rings (SSSR count). The van der Waals surface area contributed by atoms with Crippen LogP contribution in [0, 0.1) is 0 Å². The van der Waals surface area contributed by atoms with Crippen molar-refractivity contribution in [2.75, 3.05) is 0 Å². The minimum atomic E-state index is -0.831. The molecule has 0 aliphatic heterocycles. The van der Waals surface area contributed by atoms with Crippen molar-refractivity contribution in [2.45, 2.75) is 12.6 Å². The smallest absolute Gasteiger partial charge is 0.122 e. The topological polar surface area (TPSA) is 66.5 Å². The number of rotatable bonds is 3. The minimum Gasteiger partial charge on any atom is -0.507 e. The van der Waals surface area contributed by atoms with Crippen molar-refractivity contribution in [1.82, 2.24) is 0 Å². The molecule has 0 fully saturated rings.